The average Bonchev–Trinajstić information content (AvgIpc) is 2.79. The molecule has 0 radical (unpaired) electrons. The minimum Gasteiger partial charge on any atom is -0.478 e. The zero-order chi connectivity index (χ0) is 24.1. The van der Waals surface area contributed by atoms with Gasteiger partial charge in [0.15, 0.2) is 11.0 Å². The quantitative estimate of drug-likeness (QED) is 0.457. The maximum atomic E-state index is 12.6. The molecule has 0 saturated heterocycles. The summed E-state index contributed by atoms with van der Waals surface area (Å²) in [4.78, 5) is 37.8. The van der Waals surface area contributed by atoms with Crippen molar-refractivity contribution in [3.63, 3.8) is 0 Å². The molecule has 3 aromatic rings. The summed E-state index contributed by atoms with van der Waals surface area (Å²) in [6.45, 7) is 0. The molecule has 168 valence electrons. The molecule has 1 unspecified atom stereocenters. The van der Waals surface area contributed by atoms with Gasteiger partial charge in [0, 0.05) is 18.0 Å². The van der Waals surface area contributed by atoms with Crippen LogP contribution < -0.4 is 10.5 Å². The predicted octanol–water partition coefficient (Wildman–Crippen LogP) is 4.19. The first-order chi connectivity index (χ1) is 15.7. The van der Waals surface area contributed by atoms with E-state index in [1.807, 2.05) is 0 Å². The van der Waals surface area contributed by atoms with E-state index in [0.29, 0.717) is 26.9 Å². The number of fused-ring (bicyclic) bond motifs is 1. The zero-order valence-corrected chi connectivity index (χ0v) is 18.9. The molecule has 4 N–H and O–H groups in total. The number of nitrogens with one attached hydrogen (secondary N) is 1. The first-order valence-electron chi connectivity index (χ1n) is 9.14. The number of amides is 1. The Bertz CT molecular complexity index is 1310. The summed E-state index contributed by atoms with van der Waals surface area (Å²) in [6.07, 6.45) is 4.46. The number of halogens is 2. The number of carbonyl (C=O) groups is 3. The van der Waals surface area contributed by atoms with E-state index in [4.69, 9.17) is 34.0 Å². The van der Waals surface area contributed by atoms with Crippen LogP contribution in [0.4, 0.5) is 5.69 Å². The van der Waals surface area contributed by atoms with E-state index in [9.17, 15) is 18.6 Å². The Morgan fingerprint density at radius 2 is 1.82 bits per heavy atom. The molecule has 1 atom stereocenters. The number of carbonyl (C=O) groups excluding carboxylic acids is 2. The van der Waals surface area contributed by atoms with Crippen LogP contribution in [0.2, 0.25) is 10.0 Å². The van der Waals surface area contributed by atoms with Gasteiger partial charge in [0.25, 0.3) is 0 Å². The van der Waals surface area contributed by atoms with E-state index in [1.54, 1.807) is 36.5 Å². The molecule has 1 aliphatic rings. The molecule has 0 bridgehead atoms. The number of ketones is 1. The van der Waals surface area contributed by atoms with Crippen molar-refractivity contribution >= 4 is 63.6 Å². The highest BCUT2D eigenvalue weighted by Gasteiger charge is 2.28. The maximum absolute atomic E-state index is 12.6. The lowest BCUT2D eigenvalue weighted by atomic mass is 10.0. The number of rotatable bonds is 3. The second kappa shape index (κ2) is 10.4. The highest BCUT2D eigenvalue weighted by molar-refractivity contribution is 7.91. The highest BCUT2D eigenvalue weighted by atomic mass is 35.5. The lowest BCUT2D eigenvalue weighted by Crippen LogP contribution is -2.23. The molecule has 0 spiro atoms. The first kappa shape index (κ1) is 24.1. The van der Waals surface area contributed by atoms with Crippen LogP contribution in [-0.4, -0.2) is 32.0 Å². The summed E-state index contributed by atoms with van der Waals surface area (Å²) in [6, 6.07) is 12.0. The molecule has 2 aromatic carbocycles. The fraction of sp³-hybridized carbons (Fsp3) is 0. The maximum Gasteiger partial charge on any atom is 0.335 e. The van der Waals surface area contributed by atoms with E-state index < -0.39 is 28.6 Å². The number of hydrogen-bond donors (Lipinski definition) is 3. The third-order valence-electron chi connectivity index (χ3n) is 4.32. The Kier molecular flexibility index (Phi) is 7.59. The smallest absolute Gasteiger partial charge is 0.335 e. The molecule has 1 aromatic heterocycles. The normalized spacial score (nSPS) is 15.6. The Hall–Kier alpha value is -3.53. The SMILES string of the molecule is NC(=O)c1cccnc1.O=C(O)c1ccc2c(c1)C(=O)/C(=C/c1ccc(Cl)c(Cl)c1)S(=O)N2. The fourth-order valence-electron chi connectivity index (χ4n) is 2.71. The third-order valence-corrected chi connectivity index (χ3v) is 6.17. The summed E-state index contributed by atoms with van der Waals surface area (Å²) in [5.41, 5.74) is 6.39. The molecule has 0 aliphatic carbocycles. The number of hydrogen-bond acceptors (Lipinski definition) is 5. The Labute approximate surface area is 200 Å². The number of benzene rings is 2. The minimum atomic E-state index is -1.76. The number of carboxylic acid groups (broad SMARTS) is 1. The Morgan fingerprint density at radius 1 is 1.06 bits per heavy atom. The van der Waals surface area contributed by atoms with Gasteiger partial charge in [-0.15, -0.1) is 0 Å². The summed E-state index contributed by atoms with van der Waals surface area (Å²) >= 11 is 11.8. The summed E-state index contributed by atoms with van der Waals surface area (Å²) in [7, 11) is -1.76. The monoisotopic (exact) mass is 503 g/mol. The molecule has 0 saturated carbocycles. The van der Waals surface area contributed by atoms with Crippen molar-refractivity contribution in [3.8, 4) is 0 Å². The molecule has 0 fully saturated rings. The molecule has 2 heterocycles. The summed E-state index contributed by atoms with van der Waals surface area (Å²) < 4.78 is 15.0. The van der Waals surface area contributed by atoms with E-state index >= 15 is 0 Å². The summed E-state index contributed by atoms with van der Waals surface area (Å²) in [5.74, 6) is -2.09. The van der Waals surface area contributed by atoms with Crippen LogP contribution in [0.1, 0.15) is 36.6 Å². The Morgan fingerprint density at radius 3 is 2.39 bits per heavy atom. The van der Waals surface area contributed by atoms with Crippen molar-refractivity contribution in [1.82, 2.24) is 4.98 Å². The predicted molar refractivity (Wildman–Crippen MR) is 127 cm³/mol. The zero-order valence-electron chi connectivity index (χ0n) is 16.6. The van der Waals surface area contributed by atoms with Crippen molar-refractivity contribution in [2.45, 2.75) is 0 Å². The number of aromatic carboxylic acids is 1. The van der Waals surface area contributed by atoms with Gasteiger partial charge in [0.2, 0.25) is 11.7 Å². The van der Waals surface area contributed by atoms with Crippen LogP contribution in [0.25, 0.3) is 6.08 Å². The van der Waals surface area contributed by atoms with E-state index in [-0.39, 0.29) is 16.0 Å². The highest BCUT2D eigenvalue weighted by Crippen LogP contribution is 2.30. The second-order valence-electron chi connectivity index (χ2n) is 6.55. The first-order valence-corrected chi connectivity index (χ1v) is 11.0. The van der Waals surface area contributed by atoms with Crippen molar-refractivity contribution in [2.24, 2.45) is 5.73 Å². The van der Waals surface area contributed by atoms with E-state index in [0.717, 1.165) is 0 Å². The molecular formula is C22H15Cl2N3O5S. The molecular weight excluding hydrogens is 489 g/mol. The van der Waals surface area contributed by atoms with Crippen molar-refractivity contribution in [3.05, 3.63) is 98.1 Å². The van der Waals surface area contributed by atoms with Gasteiger partial charge in [-0.25, -0.2) is 9.00 Å². The van der Waals surface area contributed by atoms with Gasteiger partial charge in [0.05, 0.1) is 26.9 Å². The molecule has 11 heteroatoms. The van der Waals surface area contributed by atoms with Gasteiger partial charge in [-0.05, 0) is 54.1 Å². The number of allylic oxidation sites excluding steroid dienone is 1. The molecule has 4 rings (SSSR count). The van der Waals surface area contributed by atoms with Crippen LogP contribution in [0.5, 0.6) is 0 Å². The minimum absolute atomic E-state index is 0.00317. The molecule has 1 amide bonds. The largest absolute Gasteiger partial charge is 0.478 e. The van der Waals surface area contributed by atoms with Gasteiger partial charge in [-0.2, -0.15) is 0 Å². The third kappa shape index (κ3) is 5.83. The number of aromatic nitrogens is 1. The van der Waals surface area contributed by atoms with Gasteiger partial charge in [0.1, 0.15) is 4.91 Å². The van der Waals surface area contributed by atoms with Crippen molar-refractivity contribution in [2.75, 3.05) is 4.72 Å². The van der Waals surface area contributed by atoms with E-state index in [1.165, 1.54) is 30.5 Å². The lowest BCUT2D eigenvalue weighted by molar-refractivity contribution is 0.0696. The number of Topliss-reactive ketones (excluding diaryl/α,β-unsaturated/α-hetero) is 1. The molecule has 33 heavy (non-hydrogen) atoms. The molecule has 1 aliphatic heterocycles. The van der Waals surface area contributed by atoms with Crippen molar-refractivity contribution < 1.29 is 23.7 Å². The van der Waals surface area contributed by atoms with Gasteiger partial charge < -0.3 is 15.6 Å². The number of nitrogens with zero attached hydrogens (tertiary/aromatic N) is 1. The number of primary amides is 1. The second-order valence-corrected chi connectivity index (χ2v) is 8.55. The molecule has 8 nitrogen and oxygen atoms in total. The van der Waals surface area contributed by atoms with E-state index in [2.05, 4.69) is 9.71 Å². The lowest BCUT2D eigenvalue weighted by Gasteiger charge is -2.19. The van der Waals surface area contributed by atoms with Gasteiger partial charge in [-0.1, -0.05) is 29.3 Å². The van der Waals surface area contributed by atoms with Crippen LogP contribution in [-0.2, 0) is 11.0 Å². The number of carboxylic acids is 1. The summed E-state index contributed by atoms with van der Waals surface area (Å²) in [5, 5.41) is 9.72. The number of anilines is 1. The van der Waals surface area contributed by atoms with Crippen LogP contribution in [0.15, 0.2) is 65.8 Å². The van der Waals surface area contributed by atoms with Gasteiger partial charge in [-0.3, -0.25) is 14.6 Å². The van der Waals surface area contributed by atoms with Crippen LogP contribution >= 0.6 is 23.2 Å². The van der Waals surface area contributed by atoms with Crippen LogP contribution in [0, 0.1) is 0 Å². The van der Waals surface area contributed by atoms with Gasteiger partial charge >= 0.3 is 5.97 Å². The van der Waals surface area contributed by atoms with Crippen LogP contribution in [0.3, 0.4) is 0 Å². The fourth-order valence-corrected chi connectivity index (χ4v) is 4.02. The topological polar surface area (TPSA) is 139 Å². The average molecular weight is 504 g/mol. The Balaban J connectivity index is 0.000000286. The standard InChI is InChI=1S/C16H9Cl2NO4S.C6H6N2O/c17-11-3-1-8(5-12(11)18)6-14-15(20)10-7-9(16(21)22)2-4-13(10)19-24(14)23;7-6(9)5-2-1-3-8-4-5/h1-7,19H,(H,21,22);1-4H,(H2,7,9)/b14-6-;. The number of nitrogens with two attached hydrogens (primary N) is 1. The number of pyridine rings is 1. The van der Waals surface area contributed by atoms with Crippen molar-refractivity contribution in [1.29, 1.82) is 0 Å².